The summed E-state index contributed by atoms with van der Waals surface area (Å²) in [5, 5.41) is 21.2. The summed E-state index contributed by atoms with van der Waals surface area (Å²) in [4.78, 5) is 0. The molecule has 3 N–H and O–H groups in total. The highest BCUT2D eigenvalue weighted by molar-refractivity contribution is 5.27. The van der Waals surface area contributed by atoms with Crippen molar-refractivity contribution in [3.63, 3.8) is 0 Å². The van der Waals surface area contributed by atoms with Crippen molar-refractivity contribution < 1.29 is 10.2 Å². The van der Waals surface area contributed by atoms with Crippen molar-refractivity contribution >= 4 is 0 Å². The van der Waals surface area contributed by atoms with Gasteiger partial charge < -0.3 is 15.5 Å². The van der Waals surface area contributed by atoms with Gasteiger partial charge in [0, 0.05) is 12.1 Å². The molecule has 0 radical (unpaired) electrons. The molecule has 3 heteroatoms. The van der Waals surface area contributed by atoms with E-state index < -0.39 is 0 Å². The van der Waals surface area contributed by atoms with E-state index in [0.717, 1.165) is 24.0 Å². The maximum atomic E-state index is 8.93. The first kappa shape index (κ1) is 7.28. The average Bonchev–Trinajstić information content (AvgIpc) is 2.79. The Morgan fingerprint density at radius 1 is 1.09 bits per heavy atom. The van der Waals surface area contributed by atoms with E-state index in [4.69, 9.17) is 10.2 Å². The van der Waals surface area contributed by atoms with Crippen molar-refractivity contribution in [3.05, 3.63) is 11.1 Å². The molecule has 2 aliphatic rings. The van der Waals surface area contributed by atoms with Gasteiger partial charge in [-0.1, -0.05) is 0 Å². The summed E-state index contributed by atoms with van der Waals surface area (Å²) in [6.07, 6.45) is 1.86. The summed E-state index contributed by atoms with van der Waals surface area (Å²) < 4.78 is 0. The quantitative estimate of drug-likeness (QED) is 0.368. The Morgan fingerprint density at radius 2 is 1.55 bits per heavy atom. The van der Waals surface area contributed by atoms with E-state index in [9.17, 15) is 0 Å². The van der Waals surface area contributed by atoms with Gasteiger partial charge in [-0.05, 0) is 24.0 Å². The third kappa shape index (κ3) is 1.20. The molecule has 1 fully saturated rings. The van der Waals surface area contributed by atoms with Gasteiger partial charge in [0.2, 0.25) is 0 Å². The van der Waals surface area contributed by atoms with Crippen LogP contribution in [-0.2, 0) is 0 Å². The molecule has 62 valence electrons. The van der Waals surface area contributed by atoms with Gasteiger partial charge >= 0.3 is 0 Å². The zero-order chi connectivity index (χ0) is 7.84. The Balaban J connectivity index is 2.12. The number of rotatable bonds is 2. The van der Waals surface area contributed by atoms with Crippen LogP contribution in [0.3, 0.4) is 0 Å². The maximum absolute atomic E-state index is 8.93. The minimum Gasteiger partial charge on any atom is -0.392 e. The van der Waals surface area contributed by atoms with E-state index in [1.165, 1.54) is 0 Å². The van der Waals surface area contributed by atoms with Crippen LogP contribution in [-0.4, -0.2) is 35.5 Å². The van der Waals surface area contributed by atoms with Crippen LogP contribution < -0.4 is 5.32 Å². The number of hydrogen-bond donors (Lipinski definition) is 3. The molecule has 11 heavy (non-hydrogen) atoms. The fourth-order valence-electron chi connectivity index (χ4n) is 1.79. The second-order valence-corrected chi connectivity index (χ2v) is 3.31. The molecule has 0 amide bonds. The molecule has 1 aliphatic heterocycles. The lowest BCUT2D eigenvalue weighted by Crippen LogP contribution is -2.12. The molecule has 2 atom stereocenters. The molecule has 0 aromatic carbocycles. The number of fused-ring (bicyclic) bond motifs is 1. The Labute approximate surface area is 65.7 Å². The molecule has 0 aromatic rings. The van der Waals surface area contributed by atoms with Gasteiger partial charge in [-0.25, -0.2) is 0 Å². The van der Waals surface area contributed by atoms with E-state index in [2.05, 4.69) is 5.32 Å². The van der Waals surface area contributed by atoms with Gasteiger partial charge in [-0.15, -0.1) is 0 Å². The Kier molecular flexibility index (Phi) is 1.71. The third-order valence-corrected chi connectivity index (χ3v) is 2.62. The largest absolute Gasteiger partial charge is 0.392 e. The number of nitrogens with one attached hydrogen (secondary N) is 1. The van der Waals surface area contributed by atoms with Crippen LogP contribution in [0.1, 0.15) is 12.8 Å². The highest BCUT2D eigenvalue weighted by atomic mass is 16.3. The molecule has 3 nitrogen and oxygen atoms in total. The summed E-state index contributed by atoms with van der Waals surface area (Å²) in [6.45, 7) is 0.224. The normalized spacial score (nSPS) is 35.5. The highest BCUT2D eigenvalue weighted by Crippen LogP contribution is 2.32. The summed E-state index contributed by atoms with van der Waals surface area (Å²) in [5.41, 5.74) is 2.08. The van der Waals surface area contributed by atoms with Crippen LogP contribution in [0.2, 0.25) is 0 Å². The predicted octanol–water partition coefficient (Wildman–Crippen LogP) is -0.598. The zero-order valence-electron chi connectivity index (χ0n) is 6.38. The minimum atomic E-state index is 0.112. The molecule has 1 heterocycles. The summed E-state index contributed by atoms with van der Waals surface area (Å²) >= 11 is 0. The second-order valence-electron chi connectivity index (χ2n) is 3.31. The topological polar surface area (TPSA) is 62.4 Å². The average molecular weight is 155 g/mol. The Morgan fingerprint density at radius 3 is 1.91 bits per heavy atom. The molecule has 1 saturated heterocycles. The zero-order valence-corrected chi connectivity index (χ0v) is 6.38. The van der Waals surface area contributed by atoms with Crippen molar-refractivity contribution in [3.8, 4) is 0 Å². The molecule has 0 bridgehead atoms. The van der Waals surface area contributed by atoms with Gasteiger partial charge in [0.05, 0.1) is 13.2 Å². The number of aliphatic hydroxyl groups excluding tert-OH is 2. The van der Waals surface area contributed by atoms with Gasteiger partial charge in [0.1, 0.15) is 0 Å². The van der Waals surface area contributed by atoms with Crippen LogP contribution in [0.15, 0.2) is 11.1 Å². The maximum Gasteiger partial charge on any atom is 0.0645 e. The van der Waals surface area contributed by atoms with Gasteiger partial charge in [-0.3, -0.25) is 0 Å². The van der Waals surface area contributed by atoms with Crippen LogP contribution in [0.25, 0.3) is 0 Å². The van der Waals surface area contributed by atoms with E-state index in [1.54, 1.807) is 0 Å². The molecule has 0 spiro atoms. The van der Waals surface area contributed by atoms with Crippen LogP contribution >= 0.6 is 0 Å². The third-order valence-electron chi connectivity index (χ3n) is 2.62. The molecule has 2 rings (SSSR count). The van der Waals surface area contributed by atoms with Crippen molar-refractivity contribution in [1.82, 2.24) is 5.32 Å². The molecular formula is C8H13NO2. The monoisotopic (exact) mass is 155 g/mol. The lowest BCUT2D eigenvalue weighted by atomic mass is 9.93. The van der Waals surface area contributed by atoms with E-state index in [1.807, 2.05) is 0 Å². The lowest BCUT2D eigenvalue weighted by Gasteiger charge is -2.14. The molecule has 1 aliphatic carbocycles. The number of aliphatic hydroxyl groups is 2. The fourth-order valence-corrected chi connectivity index (χ4v) is 1.79. The first-order valence-corrected chi connectivity index (χ1v) is 4.02. The van der Waals surface area contributed by atoms with Gasteiger partial charge in [0.15, 0.2) is 0 Å². The van der Waals surface area contributed by atoms with Crippen molar-refractivity contribution in [2.24, 2.45) is 0 Å². The van der Waals surface area contributed by atoms with E-state index in [-0.39, 0.29) is 13.2 Å². The lowest BCUT2D eigenvalue weighted by molar-refractivity contribution is 0.300. The van der Waals surface area contributed by atoms with E-state index >= 15 is 0 Å². The van der Waals surface area contributed by atoms with Gasteiger partial charge in [0.25, 0.3) is 0 Å². The first-order valence-electron chi connectivity index (χ1n) is 4.02. The predicted molar refractivity (Wildman–Crippen MR) is 41.1 cm³/mol. The van der Waals surface area contributed by atoms with Crippen LogP contribution in [0.5, 0.6) is 0 Å². The van der Waals surface area contributed by atoms with Crippen molar-refractivity contribution in [2.45, 2.75) is 24.9 Å². The number of hydrogen-bond acceptors (Lipinski definition) is 3. The Hall–Kier alpha value is -0.380. The standard InChI is InChI=1S/C8H13NO2/c10-3-5-1-7-8(9-7)2-6(5)4-11/h7-11H,1-4H2. The summed E-state index contributed by atoms with van der Waals surface area (Å²) in [5.74, 6) is 0. The summed E-state index contributed by atoms with van der Waals surface area (Å²) in [7, 11) is 0. The van der Waals surface area contributed by atoms with Crippen molar-refractivity contribution in [2.75, 3.05) is 13.2 Å². The highest BCUT2D eigenvalue weighted by Gasteiger charge is 2.40. The molecule has 0 saturated carbocycles. The first-order chi connectivity index (χ1) is 5.35. The second kappa shape index (κ2) is 2.59. The summed E-state index contributed by atoms with van der Waals surface area (Å²) in [6, 6.07) is 1.18. The van der Waals surface area contributed by atoms with Gasteiger partial charge in [-0.2, -0.15) is 0 Å². The SMILES string of the molecule is OCC1=C(CO)CC2NC2C1. The van der Waals surface area contributed by atoms with Crippen molar-refractivity contribution in [1.29, 1.82) is 0 Å². The van der Waals surface area contributed by atoms with Crippen LogP contribution in [0.4, 0.5) is 0 Å². The minimum absolute atomic E-state index is 0.112. The molecular weight excluding hydrogens is 142 g/mol. The molecule has 2 unspecified atom stereocenters. The molecule has 0 aromatic heterocycles. The van der Waals surface area contributed by atoms with Crippen LogP contribution in [0, 0.1) is 0 Å². The Bertz CT molecular complexity index is 180. The smallest absolute Gasteiger partial charge is 0.0645 e. The fraction of sp³-hybridized carbons (Fsp3) is 0.750. The van der Waals surface area contributed by atoms with E-state index in [0.29, 0.717) is 12.1 Å².